The Morgan fingerprint density at radius 3 is 2.53 bits per heavy atom. The Kier molecular flexibility index (Phi) is 5.02. The second kappa shape index (κ2) is 6.55. The van der Waals surface area contributed by atoms with Crippen LogP contribution in [0.5, 0.6) is 0 Å². The van der Waals surface area contributed by atoms with E-state index < -0.39 is 0 Å². The van der Waals surface area contributed by atoms with Gasteiger partial charge < -0.3 is 4.42 Å². The Morgan fingerprint density at radius 2 is 2.05 bits per heavy atom. The molecule has 1 unspecified atom stereocenters. The Morgan fingerprint density at radius 1 is 1.37 bits per heavy atom. The van der Waals surface area contributed by atoms with Crippen LogP contribution in [0.4, 0.5) is 0 Å². The first-order chi connectivity index (χ1) is 9.26. The van der Waals surface area contributed by atoms with E-state index in [1.807, 2.05) is 12.3 Å². The van der Waals surface area contributed by atoms with Gasteiger partial charge in [0, 0.05) is 11.6 Å². The van der Waals surface area contributed by atoms with Gasteiger partial charge in [0.05, 0.1) is 12.5 Å². The molecule has 0 bridgehead atoms. The molecule has 4 nitrogen and oxygen atoms in total. The molecule has 0 aliphatic heterocycles. The average molecular weight is 265 g/mol. The molecule has 1 aliphatic carbocycles. The number of furan rings is 1. The number of nitrogens with zero attached hydrogens (tertiary/aromatic N) is 1. The molecule has 0 radical (unpaired) electrons. The lowest BCUT2D eigenvalue weighted by Crippen LogP contribution is -2.62. The van der Waals surface area contributed by atoms with E-state index in [0.717, 1.165) is 19.5 Å². The molecule has 108 valence electrons. The third-order valence-electron chi connectivity index (χ3n) is 4.73. The fraction of sp³-hybridized carbons (Fsp3) is 0.733. The lowest BCUT2D eigenvalue weighted by Gasteiger charge is -2.46. The second-order valence-electron chi connectivity index (χ2n) is 5.54. The summed E-state index contributed by atoms with van der Waals surface area (Å²) in [4.78, 5) is 2.59. The topological polar surface area (TPSA) is 54.4 Å². The summed E-state index contributed by atoms with van der Waals surface area (Å²) in [6.45, 7) is 6.66. The maximum absolute atomic E-state index is 5.89. The highest BCUT2D eigenvalue weighted by Gasteiger charge is 2.44. The van der Waals surface area contributed by atoms with Gasteiger partial charge in [0.1, 0.15) is 0 Å². The van der Waals surface area contributed by atoms with E-state index in [9.17, 15) is 0 Å². The van der Waals surface area contributed by atoms with Crippen LogP contribution in [0.3, 0.4) is 0 Å². The van der Waals surface area contributed by atoms with Gasteiger partial charge in [0.25, 0.3) is 0 Å². The summed E-state index contributed by atoms with van der Waals surface area (Å²) in [6.07, 6.45) is 9.59. The van der Waals surface area contributed by atoms with Crippen LogP contribution in [-0.4, -0.2) is 29.6 Å². The van der Waals surface area contributed by atoms with Gasteiger partial charge in [-0.1, -0.05) is 26.7 Å². The molecule has 0 amide bonds. The van der Waals surface area contributed by atoms with Crippen LogP contribution in [0.2, 0.25) is 0 Å². The average Bonchev–Trinajstić information content (AvgIpc) is 3.09. The minimum absolute atomic E-state index is 0.204. The zero-order valence-electron chi connectivity index (χ0n) is 12.2. The maximum atomic E-state index is 5.89. The van der Waals surface area contributed by atoms with Crippen molar-refractivity contribution in [2.75, 3.05) is 13.1 Å². The van der Waals surface area contributed by atoms with Crippen molar-refractivity contribution >= 4 is 0 Å². The summed E-state index contributed by atoms with van der Waals surface area (Å²) >= 11 is 0. The Balaban J connectivity index is 2.20. The van der Waals surface area contributed by atoms with Crippen molar-refractivity contribution < 1.29 is 4.42 Å². The number of likely N-dealkylation sites (N-methyl/N-ethyl adjacent to an activating group) is 1. The van der Waals surface area contributed by atoms with Crippen molar-refractivity contribution in [3.05, 3.63) is 24.2 Å². The van der Waals surface area contributed by atoms with Gasteiger partial charge in [-0.05, 0) is 44.0 Å². The summed E-state index contributed by atoms with van der Waals surface area (Å²) in [6, 6.07) is 2.32. The van der Waals surface area contributed by atoms with E-state index in [-0.39, 0.29) is 11.6 Å². The standard InChI is InChI=1S/C15H27N3O/c1-3-18(4-2)15(8-5-6-9-15)14(17-16)11-13-7-10-19-12-13/h7,10,12,14,17H,3-6,8-9,11,16H2,1-2H3. The molecule has 0 aromatic carbocycles. The van der Waals surface area contributed by atoms with Crippen LogP contribution in [0, 0.1) is 0 Å². The molecule has 1 aromatic rings. The highest BCUT2D eigenvalue weighted by molar-refractivity contribution is 5.13. The Hall–Kier alpha value is -0.840. The van der Waals surface area contributed by atoms with Crippen LogP contribution in [0.15, 0.2) is 23.0 Å². The number of nitrogens with two attached hydrogens (primary N) is 1. The predicted octanol–water partition coefficient (Wildman–Crippen LogP) is 2.31. The summed E-state index contributed by atoms with van der Waals surface area (Å²) in [5.74, 6) is 5.89. The molecule has 0 saturated heterocycles. The lowest BCUT2D eigenvalue weighted by molar-refractivity contribution is 0.0629. The van der Waals surface area contributed by atoms with Crippen molar-refractivity contribution in [2.24, 2.45) is 5.84 Å². The smallest absolute Gasteiger partial charge is 0.0935 e. The molecule has 3 N–H and O–H groups in total. The van der Waals surface area contributed by atoms with Crippen molar-refractivity contribution in [1.82, 2.24) is 10.3 Å². The van der Waals surface area contributed by atoms with Crippen LogP contribution < -0.4 is 11.3 Å². The van der Waals surface area contributed by atoms with Gasteiger partial charge in [0.15, 0.2) is 0 Å². The van der Waals surface area contributed by atoms with E-state index in [0.29, 0.717) is 0 Å². The third kappa shape index (κ3) is 2.86. The van der Waals surface area contributed by atoms with Crippen LogP contribution in [-0.2, 0) is 6.42 Å². The molecule has 0 spiro atoms. The molecule has 1 aliphatic rings. The summed E-state index contributed by atoms with van der Waals surface area (Å²) < 4.78 is 5.19. The van der Waals surface area contributed by atoms with E-state index >= 15 is 0 Å². The number of nitrogens with one attached hydrogen (secondary N) is 1. The highest BCUT2D eigenvalue weighted by atomic mass is 16.3. The Labute approximate surface area is 116 Å². The van der Waals surface area contributed by atoms with Crippen LogP contribution in [0.25, 0.3) is 0 Å². The zero-order chi connectivity index (χ0) is 13.7. The molecular weight excluding hydrogens is 238 g/mol. The molecule has 1 saturated carbocycles. The first-order valence-electron chi connectivity index (χ1n) is 7.49. The van der Waals surface area contributed by atoms with Crippen LogP contribution in [0.1, 0.15) is 45.1 Å². The number of hydrogen-bond acceptors (Lipinski definition) is 4. The zero-order valence-corrected chi connectivity index (χ0v) is 12.2. The predicted molar refractivity (Wildman–Crippen MR) is 77.6 cm³/mol. The van der Waals surface area contributed by atoms with Gasteiger partial charge in [-0.3, -0.25) is 16.2 Å². The van der Waals surface area contributed by atoms with Gasteiger partial charge in [-0.25, -0.2) is 0 Å². The highest BCUT2D eigenvalue weighted by Crippen LogP contribution is 2.39. The number of rotatable bonds is 7. The molecule has 2 rings (SSSR count). The van der Waals surface area contributed by atoms with Crippen LogP contribution >= 0.6 is 0 Å². The van der Waals surface area contributed by atoms with Gasteiger partial charge >= 0.3 is 0 Å². The monoisotopic (exact) mass is 265 g/mol. The summed E-state index contributed by atoms with van der Waals surface area (Å²) in [5.41, 5.74) is 4.52. The minimum Gasteiger partial charge on any atom is -0.472 e. The molecular formula is C15H27N3O. The van der Waals surface area contributed by atoms with Gasteiger partial charge in [-0.15, -0.1) is 0 Å². The summed E-state index contributed by atoms with van der Waals surface area (Å²) in [5, 5.41) is 0. The molecule has 4 heteroatoms. The SMILES string of the molecule is CCN(CC)C1(C(Cc2ccoc2)NN)CCCC1. The molecule has 1 atom stereocenters. The van der Waals surface area contributed by atoms with E-state index in [2.05, 4.69) is 24.2 Å². The first-order valence-corrected chi connectivity index (χ1v) is 7.49. The van der Waals surface area contributed by atoms with E-state index in [1.165, 1.54) is 31.2 Å². The van der Waals surface area contributed by atoms with Crippen molar-refractivity contribution in [3.8, 4) is 0 Å². The normalized spacial score (nSPS) is 20.0. The van der Waals surface area contributed by atoms with Gasteiger partial charge in [0.2, 0.25) is 0 Å². The van der Waals surface area contributed by atoms with Crippen molar-refractivity contribution in [2.45, 2.75) is 57.5 Å². The molecule has 19 heavy (non-hydrogen) atoms. The number of hydrogen-bond donors (Lipinski definition) is 2. The second-order valence-corrected chi connectivity index (χ2v) is 5.54. The quantitative estimate of drug-likeness (QED) is 0.587. The summed E-state index contributed by atoms with van der Waals surface area (Å²) in [7, 11) is 0. The van der Waals surface area contributed by atoms with Gasteiger partial charge in [-0.2, -0.15) is 0 Å². The van der Waals surface area contributed by atoms with Crippen molar-refractivity contribution in [1.29, 1.82) is 0 Å². The molecule has 1 aromatic heterocycles. The third-order valence-corrected chi connectivity index (χ3v) is 4.73. The van der Waals surface area contributed by atoms with E-state index in [4.69, 9.17) is 10.3 Å². The molecule has 1 fully saturated rings. The molecule has 1 heterocycles. The first kappa shape index (κ1) is 14.6. The van der Waals surface area contributed by atoms with Crippen molar-refractivity contribution in [3.63, 3.8) is 0 Å². The maximum Gasteiger partial charge on any atom is 0.0935 e. The Bertz CT molecular complexity index is 353. The van der Waals surface area contributed by atoms with E-state index in [1.54, 1.807) is 6.26 Å². The lowest BCUT2D eigenvalue weighted by atomic mass is 9.83. The largest absolute Gasteiger partial charge is 0.472 e. The minimum atomic E-state index is 0.204. The fourth-order valence-electron chi connectivity index (χ4n) is 3.77. The fourth-order valence-corrected chi connectivity index (χ4v) is 3.77. The number of hydrazine groups is 1.